The van der Waals surface area contributed by atoms with Gasteiger partial charge in [0.25, 0.3) is 5.56 Å². The molecule has 1 aliphatic heterocycles. The van der Waals surface area contributed by atoms with Crippen molar-refractivity contribution >= 4 is 33.8 Å². The number of hydrogen-bond acceptors (Lipinski definition) is 4. The standard InChI is InChI=1S/C14H19N3OS2/c1-16-6-2-10(3-7-16)4-8-17-13(18)12-11(5-9-20-12)15-14(17)19/h5,9-10H,2-4,6-8H2,1H3,(H,15,19). The first kappa shape index (κ1) is 14.0. The molecule has 1 N–H and O–H groups in total. The number of H-pyrrole nitrogens is 1. The fourth-order valence-corrected chi connectivity index (χ4v) is 3.92. The Morgan fingerprint density at radius 3 is 2.95 bits per heavy atom. The molecule has 0 aliphatic carbocycles. The van der Waals surface area contributed by atoms with Gasteiger partial charge >= 0.3 is 0 Å². The maximum Gasteiger partial charge on any atom is 0.272 e. The van der Waals surface area contributed by atoms with Crippen LogP contribution in [0, 0.1) is 10.7 Å². The number of aromatic amines is 1. The molecule has 3 rings (SSSR count). The minimum Gasteiger partial charge on any atom is -0.331 e. The average Bonchev–Trinajstić information content (AvgIpc) is 2.89. The summed E-state index contributed by atoms with van der Waals surface area (Å²) in [5, 5.41) is 1.93. The zero-order valence-electron chi connectivity index (χ0n) is 11.6. The molecule has 2 aromatic heterocycles. The molecule has 20 heavy (non-hydrogen) atoms. The molecule has 0 atom stereocenters. The fourth-order valence-electron chi connectivity index (χ4n) is 2.84. The minimum atomic E-state index is 0.0617. The van der Waals surface area contributed by atoms with Crippen LogP contribution in [0.2, 0.25) is 0 Å². The van der Waals surface area contributed by atoms with Crippen molar-refractivity contribution in [1.29, 1.82) is 0 Å². The van der Waals surface area contributed by atoms with Crippen molar-refractivity contribution in [2.45, 2.75) is 25.8 Å². The van der Waals surface area contributed by atoms with Gasteiger partial charge in [0.1, 0.15) is 4.70 Å². The average molecular weight is 309 g/mol. The van der Waals surface area contributed by atoms with Gasteiger partial charge < -0.3 is 9.88 Å². The van der Waals surface area contributed by atoms with E-state index in [4.69, 9.17) is 12.2 Å². The van der Waals surface area contributed by atoms with Crippen molar-refractivity contribution in [2.24, 2.45) is 5.92 Å². The predicted octanol–water partition coefficient (Wildman–Crippen LogP) is 2.85. The van der Waals surface area contributed by atoms with Gasteiger partial charge in [-0.25, -0.2) is 0 Å². The topological polar surface area (TPSA) is 41.0 Å². The highest BCUT2D eigenvalue weighted by Crippen LogP contribution is 2.20. The van der Waals surface area contributed by atoms with Crippen LogP contribution >= 0.6 is 23.6 Å². The summed E-state index contributed by atoms with van der Waals surface area (Å²) in [6.45, 7) is 3.06. The van der Waals surface area contributed by atoms with Gasteiger partial charge in [0.05, 0.1) is 5.52 Å². The summed E-state index contributed by atoms with van der Waals surface area (Å²) in [5.41, 5.74) is 0.923. The monoisotopic (exact) mass is 309 g/mol. The highest BCUT2D eigenvalue weighted by atomic mass is 32.1. The molecule has 1 saturated heterocycles. The molecular weight excluding hydrogens is 290 g/mol. The Bertz CT molecular complexity index is 707. The fraction of sp³-hybridized carbons (Fsp3) is 0.571. The lowest BCUT2D eigenvalue weighted by molar-refractivity contribution is 0.207. The van der Waals surface area contributed by atoms with Crippen LogP contribution in [0.15, 0.2) is 16.2 Å². The highest BCUT2D eigenvalue weighted by Gasteiger charge is 2.17. The van der Waals surface area contributed by atoms with E-state index in [0.29, 0.717) is 10.7 Å². The van der Waals surface area contributed by atoms with E-state index in [-0.39, 0.29) is 5.56 Å². The summed E-state index contributed by atoms with van der Waals surface area (Å²) < 4.78 is 3.06. The van der Waals surface area contributed by atoms with Crippen LogP contribution in [0.3, 0.4) is 0 Å². The molecule has 2 aromatic rings. The first-order valence-electron chi connectivity index (χ1n) is 7.04. The van der Waals surface area contributed by atoms with Crippen LogP contribution < -0.4 is 5.56 Å². The summed E-state index contributed by atoms with van der Waals surface area (Å²) in [6.07, 6.45) is 3.49. The molecule has 0 spiro atoms. The van der Waals surface area contributed by atoms with E-state index in [9.17, 15) is 4.79 Å². The van der Waals surface area contributed by atoms with Crippen LogP contribution in [-0.4, -0.2) is 34.6 Å². The molecule has 4 nitrogen and oxygen atoms in total. The van der Waals surface area contributed by atoms with Crippen LogP contribution in [0.5, 0.6) is 0 Å². The van der Waals surface area contributed by atoms with Gasteiger partial charge in [0.15, 0.2) is 4.77 Å². The van der Waals surface area contributed by atoms with Gasteiger partial charge in [-0.1, -0.05) is 0 Å². The third-order valence-corrected chi connectivity index (χ3v) is 5.42. The van der Waals surface area contributed by atoms with Gasteiger partial charge in [-0.3, -0.25) is 9.36 Å². The molecule has 1 fully saturated rings. The van der Waals surface area contributed by atoms with Crippen molar-refractivity contribution in [3.63, 3.8) is 0 Å². The molecule has 1 aliphatic rings. The predicted molar refractivity (Wildman–Crippen MR) is 86.1 cm³/mol. The summed E-state index contributed by atoms with van der Waals surface area (Å²) >= 11 is 6.80. The number of nitrogens with one attached hydrogen (secondary N) is 1. The molecule has 0 amide bonds. The van der Waals surface area contributed by atoms with Crippen LogP contribution in [0.25, 0.3) is 10.2 Å². The molecule has 0 radical (unpaired) electrons. The van der Waals surface area contributed by atoms with Crippen LogP contribution in [0.4, 0.5) is 0 Å². The van der Waals surface area contributed by atoms with E-state index < -0.39 is 0 Å². The lowest BCUT2D eigenvalue weighted by atomic mass is 9.94. The molecule has 108 valence electrons. The Balaban J connectivity index is 1.77. The third kappa shape index (κ3) is 2.73. The first-order chi connectivity index (χ1) is 9.65. The lowest BCUT2D eigenvalue weighted by Gasteiger charge is -2.28. The van der Waals surface area contributed by atoms with Gasteiger partial charge in [-0.05, 0) is 69.0 Å². The Morgan fingerprint density at radius 2 is 2.20 bits per heavy atom. The third-order valence-electron chi connectivity index (χ3n) is 4.19. The normalized spacial score (nSPS) is 17.9. The smallest absolute Gasteiger partial charge is 0.272 e. The quantitative estimate of drug-likeness (QED) is 0.886. The molecule has 6 heteroatoms. The van der Waals surface area contributed by atoms with E-state index in [1.807, 2.05) is 11.4 Å². The van der Waals surface area contributed by atoms with Crippen molar-refractivity contribution < 1.29 is 0 Å². The number of aromatic nitrogens is 2. The number of hydrogen-bond donors (Lipinski definition) is 1. The van der Waals surface area contributed by atoms with E-state index >= 15 is 0 Å². The summed E-state index contributed by atoms with van der Waals surface area (Å²) in [5.74, 6) is 0.714. The zero-order chi connectivity index (χ0) is 14.1. The van der Waals surface area contributed by atoms with Crippen molar-refractivity contribution in [3.05, 3.63) is 26.6 Å². The van der Waals surface area contributed by atoms with Crippen molar-refractivity contribution in [3.8, 4) is 0 Å². The maximum absolute atomic E-state index is 12.4. The van der Waals surface area contributed by atoms with E-state index in [1.165, 1.54) is 24.2 Å². The first-order valence-corrected chi connectivity index (χ1v) is 8.33. The summed E-state index contributed by atoms with van der Waals surface area (Å²) in [6, 6.07) is 1.92. The van der Waals surface area contributed by atoms with Crippen molar-refractivity contribution in [1.82, 2.24) is 14.5 Å². The Morgan fingerprint density at radius 1 is 1.45 bits per heavy atom. The minimum absolute atomic E-state index is 0.0617. The molecule has 0 unspecified atom stereocenters. The van der Waals surface area contributed by atoms with Gasteiger partial charge in [0, 0.05) is 6.54 Å². The van der Waals surface area contributed by atoms with Crippen molar-refractivity contribution in [2.75, 3.05) is 20.1 Å². The van der Waals surface area contributed by atoms with Crippen LogP contribution in [-0.2, 0) is 6.54 Å². The Kier molecular flexibility index (Phi) is 4.05. The molecule has 3 heterocycles. The summed E-state index contributed by atoms with van der Waals surface area (Å²) in [7, 11) is 2.17. The molecular formula is C14H19N3OS2. The number of piperidine rings is 1. The number of thiophene rings is 1. The van der Waals surface area contributed by atoms with E-state index in [2.05, 4.69) is 16.9 Å². The maximum atomic E-state index is 12.4. The molecule has 0 saturated carbocycles. The number of rotatable bonds is 3. The Hall–Kier alpha value is -0.980. The van der Waals surface area contributed by atoms with E-state index in [1.54, 1.807) is 4.57 Å². The highest BCUT2D eigenvalue weighted by molar-refractivity contribution is 7.71. The molecule has 0 aromatic carbocycles. The van der Waals surface area contributed by atoms with Gasteiger partial charge in [-0.15, -0.1) is 11.3 Å². The van der Waals surface area contributed by atoms with E-state index in [0.717, 1.165) is 36.3 Å². The largest absolute Gasteiger partial charge is 0.331 e. The van der Waals surface area contributed by atoms with Gasteiger partial charge in [-0.2, -0.15) is 0 Å². The molecule has 0 bridgehead atoms. The second-order valence-electron chi connectivity index (χ2n) is 5.59. The number of likely N-dealkylation sites (tertiary alicyclic amines) is 1. The van der Waals surface area contributed by atoms with Crippen LogP contribution in [0.1, 0.15) is 19.3 Å². The number of nitrogens with zero attached hydrogens (tertiary/aromatic N) is 2. The Labute approximate surface area is 127 Å². The SMILES string of the molecule is CN1CCC(CCn2c(=S)[nH]c3ccsc3c2=O)CC1. The number of fused-ring (bicyclic) bond motifs is 1. The second-order valence-corrected chi connectivity index (χ2v) is 6.89. The second kappa shape index (κ2) is 5.79. The lowest BCUT2D eigenvalue weighted by Crippen LogP contribution is -2.31. The zero-order valence-corrected chi connectivity index (χ0v) is 13.2. The summed E-state index contributed by atoms with van der Waals surface area (Å²) in [4.78, 5) is 17.9. The van der Waals surface area contributed by atoms with Gasteiger partial charge in [0.2, 0.25) is 0 Å².